The molecule has 0 radical (unpaired) electrons. The molecular weight excluding hydrogens is 257 g/mol. The number of imidazole rings is 1. The van der Waals surface area contributed by atoms with Crippen molar-refractivity contribution >= 4 is 11.6 Å². The molecule has 1 N–H and O–H groups in total. The number of nitrogens with zero attached hydrogens (tertiary/aromatic N) is 2. The lowest BCUT2D eigenvalue weighted by atomic mass is 10.2. The second-order valence-electron chi connectivity index (χ2n) is 4.85. The summed E-state index contributed by atoms with van der Waals surface area (Å²) in [5.74, 6) is 0.378. The van der Waals surface area contributed by atoms with Crippen LogP contribution >= 0.6 is 0 Å². The molecule has 2 rings (SSSR count). The van der Waals surface area contributed by atoms with Crippen molar-refractivity contribution in [2.24, 2.45) is 0 Å². The molecule has 0 unspecified atom stereocenters. The third-order valence-corrected chi connectivity index (χ3v) is 3.01. The fourth-order valence-electron chi connectivity index (χ4n) is 2.05. The molecule has 0 aliphatic rings. The molecule has 2 aromatic rings. The van der Waals surface area contributed by atoms with Gasteiger partial charge in [-0.2, -0.15) is 0 Å². The Morgan fingerprint density at radius 1 is 1.35 bits per heavy atom. The van der Waals surface area contributed by atoms with Crippen molar-refractivity contribution in [2.45, 2.75) is 26.8 Å². The van der Waals surface area contributed by atoms with Crippen molar-refractivity contribution in [1.29, 1.82) is 0 Å². The van der Waals surface area contributed by atoms with E-state index in [2.05, 4.69) is 10.3 Å². The van der Waals surface area contributed by atoms with Gasteiger partial charge in [0.2, 0.25) is 5.95 Å². The Morgan fingerprint density at radius 3 is 2.90 bits per heavy atom. The lowest BCUT2D eigenvalue weighted by Crippen LogP contribution is -2.06. The third-order valence-electron chi connectivity index (χ3n) is 3.01. The normalized spacial score (nSPS) is 10.8. The van der Waals surface area contributed by atoms with E-state index in [-0.39, 0.29) is 5.82 Å². The molecular formula is C15H20FN3O. The van der Waals surface area contributed by atoms with Gasteiger partial charge in [0.15, 0.2) is 0 Å². The molecule has 0 amide bonds. The molecule has 0 fully saturated rings. The van der Waals surface area contributed by atoms with Crippen molar-refractivity contribution in [2.75, 3.05) is 19.0 Å². The van der Waals surface area contributed by atoms with Crippen LogP contribution in [0, 0.1) is 19.7 Å². The summed E-state index contributed by atoms with van der Waals surface area (Å²) in [7, 11) is 1.68. The van der Waals surface area contributed by atoms with Gasteiger partial charge in [-0.3, -0.25) is 0 Å². The molecule has 1 aromatic carbocycles. The average Bonchev–Trinajstić information content (AvgIpc) is 2.74. The van der Waals surface area contributed by atoms with Crippen molar-refractivity contribution in [3.8, 4) is 0 Å². The quantitative estimate of drug-likeness (QED) is 0.822. The van der Waals surface area contributed by atoms with Crippen LogP contribution in [0.3, 0.4) is 0 Å². The number of aryl methyl sites for hydroxylation is 3. The fourth-order valence-corrected chi connectivity index (χ4v) is 2.05. The summed E-state index contributed by atoms with van der Waals surface area (Å²) >= 11 is 0. The lowest BCUT2D eigenvalue weighted by Gasteiger charge is -2.10. The van der Waals surface area contributed by atoms with Gasteiger partial charge in [-0.25, -0.2) is 9.37 Å². The highest BCUT2D eigenvalue weighted by molar-refractivity contribution is 5.56. The molecule has 0 spiro atoms. The molecule has 0 bridgehead atoms. The van der Waals surface area contributed by atoms with E-state index in [0.717, 1.165) is 24.2 Å². The predicted molar refractivity (Wildman–Crippen MR) is 77.9 cm³/mol. The maximum atomic E-state index is 13.8. The van der Waals surface area contributed by atoms with Gasteiger partial charge in [0.05, 0.1) is 11.4 Å². The molecule has 5 heteroatoms. The first kappa shape index (κ1) is 14.5. The van der Waals surface area contributed by atoms with E-state index >= 15 is 0 Å². The first-order chi connectivity index (χ1) is 9.60. The Balaban J connectivity index is 2.17. The first-order valence-electron chi connectivity index (χ1n) is 6.66. The van der Waals surface area contributed by atoms with Crippen LogP contribution in [0.1, 0.15) is 17.7 Å². The molecule has 0 atom stereocenters. The van der Waals surface area contributed by atoms with E-state index in [0.29, 0.717) is 18.2 Å². The van der Waals surface area contributed by atoms with Crippen molar-refractivity contribution in [3.05, 3.63) is 41.5 Å². The average molecular weight is 277 g/mol. The van der Waals surface area contributed by atoms with E-state index in [1.54, 1.807) is 19.2 Å². The van der Waals surface area contributed by atoms with Crippen LogP contribution in [-0.4, -0.2) is 23.3 Å². The summed E-state index contributed by atoms with van der Waals surface area (Å²) in [5.41, 5.74) is 2.35. The summed E-state index contributed by atoms with van der Waals surface area (Å²) in [6.45, 7) is 5.32. The van der Waals surface area contributed by atoms with E-state index in [1.165, 1.54) is 6.07 Å². The molecule has 0 saturated heterocycles. The minimum Gasteiger partial charge on any atom is -0.385 e. The summed E-state index contributed by atoms with van der Waals surface area (Å²) in [6.07, 6.45) is 2.84. The molecule has 4 nitrogen and oxygen atoms in total. The number of aromatic nitrogens is 2. The Morgan fingerprint density at radius 2 is 2.15 bits per heavy atom. The van der Waals surface area contributed by atoms with E-state index in [4.69, 9.17) is 4.74 Å². The van der Waals surface area contributed by atoms with Gasteiger partial charge in [0, 0.05) is 26.5 Å². The summed E-state index contributed by atoms with van der Waals surface area (Å²) in [4.78, 5) is 4.40. The number of anilines is 2. The summed E-state index contributed by atoms with van der Waals surface area (Å²) < 4.78 is 20.8. The maximum absolute atomic E-state index is 13.8. The van der Waals surface area contributed by atoms with Crippen LogP contribution < -0.4 is 5.32 Å². The number of benzene rings is 1. The van der Waals surface area contributed by atoms with E-state index in [9.17, 15) is 4.39 Å². The van der Waals surface area contributed by atoms with Crippen molar-refractivity contribution < 1.29 is 9.13 Å². The van der Waals surface area contributed by atoms with Crippen LogP contribution in [0.15, 0.2) is 24.4 Å². The number of hydrogen-bond donors (Lipinski definition) is 1. The zero-order chi connectivity index (χ0) is 14.5. The van der Waals surface area contributed by atoms with Crippen molar-refractivity contribution in [1.82, 2.24) is 9.55 Å². The van der Waals surface area contributed by atoms with Crippen LogP contribution in [-0.2, 0) is 11.3 Å². The van der Waals surface area contributed by atoms with Gasteiger partial charge < -0.3 is 14.6 Å². The van der Waals surface area contributed by atoms with Gasteiger partial charge >= 0.3 is 0 Å². The highest BCUT2D eigenvalue weighted by atomic mass is 19.1. The molecule has 1 heterocycles. The minimum absolute atomic E-state index is 0.278. The highest BCUT2D eigenvalue weighted by Gasteiger charge is 2.09. The Labute approximate surface area is 118 Å². The Bertz CT molecular complexity index is 580. The van der Waals surface area contributed by atoms with Crippen LogP contribution in [0.5, 0.6) is 0 Å². The number of halogens is 1. The summed E-state index contributed by atoms with van der Waals surface area (Å²) in [5, 5.41) is 3.07. The molecule has 0 aliphatic carbocycles. The Kier molecular flexibility index (Phi) is 4.74. The van der Waals surface area contributed by atoms with Crippen molar-refractivity contribution in [3.63, 3.8) is 0 Å². The van der Waals surface area contributed by atoms with Crippen LogP contribution in [0.4, 0.5) is 16.0 Å². The number of rotatable bonds is 6. The molecule has 0 saturated carbocycles. The second kappa shape index (κ2) is 6.52. The van der Waals surface area contributed by atoms with Gasteiger partial charge in [-0.05, 0) is 38.0 Å². The van der Waals surface area contributed by atoms with Gasteiger partial charge in [0.1, 0.15) is 5.82 Å². The minimum atomic E-state index is -0.278. The second-order valence-corrected chi connectivity index (χ2v) is 4.85. The van der Waals surface area contributed by atoms with Crippen LogP contribution in [0.25, 0.3) is 0 Å². The number of nitrogens with one attached hydrogen (secondary N) is 1. The fraction of sp³-hybridized carbons (Fsp3) is 0.400. The maximum Gasteiger partial charge on any atom is 0.207 e. The zero-order valence-corrected chi connectivity index (χ0v) is 12.1. The predicted octanol–water partition coefficient (Wildman–Crippen LogP) is 3.42. The largest absolute Gasteiger partial charge is 0.385 e. The smallest absolute Gasteiger partial charge is 0.207 e. The SMILES string of the molecule is COCCCn1cc(C)nc1Nc1cc(C)ccc1F. The third kappa shape index (κ3) is 3.57. The zero-order valence-electron chi connectivity index (χ0n) is 12.1. The topological polar surface area (TPSA) is 39.1 Å². The standard InChI is InChI=1S/C15H20FN3O/c1-11-5-6-13(16)14(9-11)18-15-17-12(2)10-19(15)7-4-8-20-3/h5-6,9-10H,4,7-8H2,1-3H3,(H,17,18). The Hall–Kier alpha value is -1.88. The molecule has 1 aromatic heterocycles. The monoisotopic (exact) mass is 277 g/mol. The van der Waals surface area contributed by atoms with Gasteiger partial charge in [-0.15, -0.1) is 0 Å². The number of hydrogen-bond acceptors (Lipinski definition) is 3. The molecule has 108 valence electrons. The van der Waals surface area contributed by atoms with Crippen LogP contribution in [0.2, 0.25) is 0 Å². The summed E-state index contributed by atoms with van der Waals surface area (Å²) in [6, 6.07) is 4.98. The molecule has 20 heavy (non-hydrogen) atoms. The van der Waals surface area contributed by atoms with E-state index < -0.39 is 0 Å². The van der Waals surface area contributed by atoms with E-state index in [1.807, 2.05) is 24.6 Å². The number of methoxy groups -OCH3 is 1. The molecule has 0 aliphatic heterocycles. The van der Waals surface area contributed by atoms with Gasteiger partial charge in [0.25, 0.3) is 0 Å². The lowest BCUT2D eigenvalue weighted by molar-refractivity contribution is 0.190. The first-order valence-corrected chi connectivity index (χ1v) is 6.66. The van der Waals surface area contributed by atoms with Gasteiger partial charge in [-0.1, -0.05) is 6.07 Å². The highest BCUT2D eigenvalue weighted by Crippen LogP contribution is 2.21. The number of ether oxygens (including phenoxy) is 1.